The Morgan fingerprint density at radius 1 is 1.36 bits per heavy atom. The van der Waals surface area contributed by atoms with Crippen molar-refractivity contribution in [3.05, 3.63) is 45.9 Å². The number of hydrogen-bond acceptors (Lipinski definition) is 5. The summed E-state index contributed by atoms with van der Waals surface area (Å²) >= 11 is 1.60. The lowest BCUT2D eigenvalue weighted by molar-refractivity contribution is 0.122. The van der Waals surface area contributed by atoms with Gasteiger partial charge in [-0.3, -0.25) is 0 Å². The molecule has 3 rings (SSSR count). The highest BCUT2D eigenvalue weighted by atomic mass is 32.1. The lowest BCUT2D eigenvalue weighted by Gasteiger charge is -2.30. The highest BCUT2D eigenvalue weighted by Crippen LogP contribution is 2.21. The zero-order valence-electron chi connectivity index (χ0n) is 14.7. The molecule has 1 aromatic heterocycles. The average molecular weight is 360 g/mol. The van der Waals surface area contributed by atoms with E-state index in [-0.39, 0.29) is 6.03 Å². The van der Waals surface area contributed by atoms with Crippen molar-refractivity contribution >= 4 is 23.1 Å². The van der Waals surface area contributed by atoms with E-state index in [2.05, 4.69) is 27.3 Å². The Morgan fingerprint density at radius 2 is 2.12 bits per heavy atom. The maximum Gasteiger partial charge on any atom is 0.317 e. The molecule has 0 radical (unpaired) electrons. The third kappa shape index (κ3) is 4.70. The Balaban J connectivity index is 1.58. The van der Waals surface area contributed by atoms with E-state index in [0.717, 1.165) is 42.6 Å². The normalized spacial score (nSPS) is 14.4. The molecule has 0 spiro atoms. The smallest absolute Gasteiger partial charge is 0.317 e. The third-order valence-corrected chi connectivity index (χ3v) is 5.01. The topological polar surface area (TPSA) is 57.7 Å². The van der Waals surface area contributed by atoms with E-state index in [1.807, 2.05) is 24.4 Å². The molecule has 6 nitrogen and oxygen atoms in total. The van der Waals surface area contributed by atoms with Gasteiger partial charge in [-0.05, 0) is 18.6 Å². The maximum atomic E-state index is 12.4. The molecule has 1 aromatic carbocycles. The van der Waals surface area contributed by atoms with Crippen molar-refractivity contribution in [2.45, 2.75) is 20.0 Å². The zero-order valence-corrected chi connectivity index (χ0v) is 15.5. The maximum absolute atomic E-state index is 12.4. The van der Waals surface area contributed by atoms with Gasteiger partial charge in [0.2, 0.25) is 0 Å². The lowest BCUT2D eigenvalue weighted by atomic mass is 10.1. The molecule has 7 heteroatoms. The molecule has 1 aliphatic rings. The lowest BCUT2D eigenvalue weighted by Crippen LogP contribution is -2.38. The summed E-state index contributed by atoms with van der Waals surface area (Å²) < 4.78 is 5.43. The molecular formula is C18H24N4O2S. The number of carbonyl (C=O) groups excluding carboxylic acids is 1. The second kappa shape index (κ2) is 8.31. The zero-order chi connectivity index (χ0) is 17.6. The second-order valence-corrected chi connectivity index (χ2v) is 7.16. The van der Waals surface area contributed by atoms with E-state index in [1.165, 1.54) is 5.69 Å². The molecule has 0 unspecified atom stereocenters. The van der Waals surface area contributed by atoms with Crippen molar-refractivity contribution in [2.75, 3.05) is 38.3 Å². The van der Waals surface area contributed by atoms with Gasteiger partial charge in [0.1, 0.15) is 0 Å². The minimum Gasteiger partial charge on any atom is -0.378 e. The molecule has 0 saturated carbocycles. The average Bonchev–Trinajstić information content (AvgIpc) is 3.05. The number of benzene rings is 1. The predicted molar refractivity (Wildman–Crippen MR) is 100 cm³/mol. The van der Waals surface area contributed by atoms with Crippen LogP contribution in [-0.2, 0) is 17.8 Å². The first-order valence-corrected chi connectivity index (χ1v) is 9.32. The van der Waals surface area contributed by atoms with Crippen LogP contribution in [0, 0.1) is 6.92 Å². The van der Waals surface area contributed by atoms with Crippen LogP contribution >= 0.6 is 11.3 Å². The fourth-order valence-corrected chi connectivity index (χ4v) is 3.48. The van der Waals surface area contributed by atoms with Crippen molar-refractivity contribution in [2.24, 2.45) is 0 Å². The fraction of sp³-hybridized carbons (Fsp3) is 0.444. The van der Waals surface area contributed by atoms with Crippen molar-refractivity contribution in [1.82, 2.24) is 15.2 Å². The first kappa shape index (κ1) is 17.7. The summed E-state index contributed by atoms with van der Waals surface area (Å²) in [5, 5.41) is 6.02. The van der Waals surface area contributed by atoms with Crippen LogP contribution in [0.4, 0.5) is 10.5 Å². The molecule has 0 aliphatic carbocycles. The van der Waals surface area contributed by atoms with E-state index in [0.29, 0.717) is 13.1 Å². The standard InChI is InChI=1S/C18H24N4O2S/c1-14-20-16(13-25-14)12-21(2)18(23)19-11-15-5-3-4-6-17(15)22-7-9-24-10-8-22/h3-6,13H,7-12H2,1-2H3,(H,19,23). The summed E-state index contributed by atoms with van der Waals surface area (Å²) in [4.78, 5) is 20.7. The fourth-order valence-electron chi connectivity index (χ4n) is 2.87. The highest BCUT2D eigenvalue weighted by molar-refractivity contribution is 7.09. The number of amides is 2. The summed E-state index contributed by atoms with van der Waals surface area (Å²) in [6, 6.07) is 8.12. The number of anilines is 1. The number of ether oxygens (including phenoxy) is 1. The Bertz CT molecular complexity index is 713. The van der Waals surface area contributed by atoms with Gasteiger partial charge in [-0.15, -0.1) is 11.3 Å². The number of aryl methyl sites for hydroxylation is 1. The highest BCUT2D eigenvalue weighted by Gasteiger charge is 2.16. The van der Waals surface area contributed by atoms with Crippen molar-refractivity contribution < 1.29 is 9.53 Å². The molecule has 134 valence electrons. The van der Waals surface area contributed by atoms with E-state index >= 15 is 0 Å². The van der Waals surface area contributed by atoms with Crippen LogP contribution < -0.4 is 10.2 Å². The quantitative estimate of drug-likeness (QED) is 0.891. The molecular weight excluding hydrogens is 336 g/mol. The molecule has 0 bridgehead atoms. The number of nitrogens with zero attached hydrogens (tertiary/aromatic N) is 3. The van der Waals surface area contributed by atoms with Gasteiger partial charge in [0.05, 0.1) is 30.5 Å². The summed E-state index contributed by atoms with van der Waals surface area (Å²) in [6.45, 7) is 6.25. The van der Waals surface area contributed by atoms with Crippen LogP contribution in [0.1, 0.15) is 16.3 Å². The third-order valence-electron chi connectivity index (χ3n) is 4.19. The number of aromatic nitrogens is 1. The number of morpholine rings is 1. The first-order chi connectivity index (χ1) is 12.1. The number of rotatable bonds is 5. The van der Waals surface area contributed by atoms with Crippen LogP contribution in [0.5, 0.6) is 0 Å². The van der Waals surface area contributed by atoms with Crippen molar-refractivity contribution in [3.8, 4) is 0 Å². The SMILES string of the molecule is Cc1nc(CN(C)C(=O)NCc2ccccc2N2CCOCC2)cs1. The van der Waals surface area contributed by atoms with E-state index in [9.17, 15) is 4.79 Å². The molecule has 1 fully saturated rings. The van der Waals surface area contributed by atoms with Crippen LogP contribution in [0.3, 0.4) is 0 Å². The molecule has 2 amide bonds. The number of para-hydroxylation sites is 1. The van der Waals surface area contributed by atoms with E-state index in [1.54, 1.807) is 23.3 Å². The Kier molecular flexibility index (Phi) is 5.88. The van der Waals surface area contributed by atoms with Crippen LogP contribution in [0.25, 0.3) is 0 Å². The molecule has 2 heterocycles. The molecule has 1 N–H and O–H groups in total. The number of hydrogen-bond donors (Lipinski definition) is 1. The summed E-state index contributed by atoms with van der Waals surface area (Å²) in [6.07, 6.45) is 0. The van der Waals surface area contributed by atoms with Gasteiger partial charge in [0.25, 0.3) is 0 Å². The van der Waals surface area contributed by atoms with Gasteiger partial charge >= 0.3 is 6.03 Å². The Morgan fingerprint density at radius 3 is 2.84 bits per heavy atom. The monoisotopic (exact) mass is 360 g/mol. The largest absolute Gasteiger partial charge is 0.378 e. The van der Waals surface area contributed by atoms with Crippen LogP contribution in [0.2, 0.25) is 0 Å². The van der Waals surface area contributed by atoms with Crippen molar-refractivity contribution in [3.63, 3.8) is 0 Å². The Hall–Kier alpha value is -2.12. The van der Waals surface area contributed by atoms with Gasteiger partial charge in [-0.25, -0.2) is 9.78 Å². The van der Waals surface area contributed by atoms with Crippen molar-refractivity contribution in [1.29, 1.82) is 0 Å². The Labute approximate surface area is 152 Å². The summed E-state index contributed by atoms with van der Waals surface area (Å²) in [7, 11) is 1.79. The van der Waals surface area contributed by atoms with Gasteiger partial charge < -0.3 is 19.9 Å². The molecule has 2 aromatic rings. The number of thiazole rings is 1. The minimum absolute atomic E-state index is 0.0950. The molecule has 1 saturated heterocycles. The number of urea groups is 1. The summed E-state index contributed by atoms with van der Waals surface area (Å²) in [5.74, 6) is 0. The number of nitrogens with one attached hydrogen (secondary N) is 1. The molecule has 1 aliphatic heterocycles. The van der Waals surface area contributed by atoms with Gasteiger partial charge in [0.15, 0.2) is 0 Å². The molecule has 0 atom stereocenters. The van der Waals surface area contributed by atoms with Crippen LogP contribution in [-0.4, -0.2) is 49.3 Å². The van der Waals surface area contributed by atoms with Gasteiger partial charge in [0, 0.05) is 37.7 Å². The number of carbonyl (C=O) groups is 1. The van der Waals surface area contributed by atoms with Gasteiger partial charge in [-0.1, -0.05) is 18.2 Å². The minimum atomic E-state index is -0.0950. The predicted octanol–water partition coefficient (Wildman–Crippen LogP) is 2.63. The van der Waals surface area contributed by atoms with Gasteiger partial charge in [-0.2, -0.15) is 0 Å². The summed E-state index contributed by atoms with van der Waals surface area (Å²) in [5.41, 5.74) is 3.22. The van der Waals surface area contributed by atoms with E-state index in [4.69, 9.17) is 4.74 Å². The first-order valence-electron chi connectivity index (χ1n) is 8.44. The van der Waals surface area contributed by atoms with Crippen LogP contribution in [0.15, 0.2) is 29.6 Å². The second-order valence-electron chi connectivity index (χ2n) is 6.10. The van der Waals surface area contributed by atoms with E-state index < -0.39 is 0 Å². The molecule has 25 heavy (non-hydrogen) atoms.